The monoisotopic (exact) mass is 324 g/mol. The van der Waals surface area contributed by atoms with E-state index in [2.05, 4.69) is 28.0 Å². The summed E-state index contributed by atoms with van der Waals surface area (Å²) in [4.78, 5) is 16.5. The fraction of sp³-hybridized carbons (Fsp3) is 0.450. The molecule has 2 saturated heterocycles. The minimum absolute atomic E-state index is 0.314. The third-order valence-corrected chi connectivity index (χ3v) is 5.40. The van der Waals surface area contributed by atoms with Crippen molar-refractivity contribution in [2.75, 3.05) is 19.6 Å². The van der Waals surface area contributed by atoms with Crippen LogP contribution in [0.5, 0.6) is 5.75 Å². The number of amides is 1. The first-order chi connectivity index (χ1) is 11.7. The summed E-state index contributed by atoms with van der Waals surface area (Å²) in [6.07, 6.45) is 3.96. The molecule has 2 aromatic rings. The maximum absolute atomic E-state index is 11.9. The molecule has 0 saturated carbocycles. The van der Waals surface area contributed by atoms with Crippen LogP contribution < -0.4 is 0 Å². The molecular formula is C20H24N2O2. The van der Waals surface area contributed by atoms with E-state index >= 15 is 0 Å². The first-order valence-corrected chi connectivity index (χ1v) is 8.92. The van der Waals surface area contributed by atoms with Gasteiger partial charge in [0.25, 0.3) is 0 Å². The molecule has 0 atom stereocenters. The first kappa shape index (κ1) is 15.5. The van der Waals surface area contributed by atoms with Gasteiger partial charge in [-0.05, 0) is 53.8 Å². The van der Waals surface area contributed by atoms with Crippen LogP contribution in [0.25, 0.3) is 10.8 Å². The van der Waals surface area contributed by atoms with Crippen LogP contribution >= 0.6 is 0 Å². The molecule has 0 spiro atoms. The van der Waals surface area contributed by atoms with Gasteiger partial charge < -0.3 is 10.0 Å². The highest BCUT2D eigenvalue weighted by Crippen LogP contribution is 2.25. The molecule has 2 aliphatic heterocycles. The normalized spacial score (nSPS) is 20.2. The summed E-state index contributed by atoms with van der Waals surface area (Å²) in [5, 5.41) is 11.8. The van der Waals surface area contributed by atoms with E-state index in [0.717, 1.165) is 57.2 Å². The Kier molecular flexibility index (Phi) is 4.15. The lowest BCUT2D eigenvalue weighted by Gasteiger charge is -2.36. The van der Waals surface area contributed by atoms with Gasteiger partial charge in [-0.1, -0.05) is 18.2 Å². The SMILES string of the molecule is O=C1CCCN1C1CCN(Cc2ccc3cc(O)ccc3c2)CC1. The number of phenols is 1. The molecule has 1 amide bonds. The van der Waals surface area contributed by atoms with Gasteiger partial charge in [0, 0.05) is 38.6 Å². The van der Waals surface area contributed by atoms with E-state index in [1.807, 2.05) is 6.07 Å². The van der Waals surface area contributed by atoms with Gasteiger partial charge in [-0.25, -0.2) is 0 Å². The number of aromatic hydroxyl groups is 1. The summed E-state index contributed by atoms with van der Waals surface area (Å²) in [6.45, 7) is 4.03. The average molecular weight is 324 g/mol. The third kappa shape index (κ3) is 3.11. The molecule has 4 nitrogen and oxygen atoms in total. The van der Waals surface area contributed by atoms with Crippen molar-refractivity contribution in [2.45, 2.75) is 38.3 Å². The zero-order valence-electron chi connectivity index (χ0n) is 13.9. The molecule has 126 valence electrons. The van der Waals surface area contributed by atoms with Crippen molar-refractivity contribution < 1.29 is 9.90 Å². The van der Waals surface area contributed by atoms with Crippen LogP contribution in [0.3, 0.4) is 0 Å². The Labute approximate surface area is 142 Å². The van der Waals surface area contributed by atoms with Crippen molar-refractivity contribution in [1.82, 2.24) is 9.80 Å². The number of fused-ring (bicyclic) bond motifs is 1. The first-order valence-electron chi connectivity index (χ1n) is 8.92. The summed E-state index contributed by atoms with van der Waals surface area (Å²) in [6, 6.07) is 12.4. The summed E-state index contributed by atoms with van der Waals surface area (Å²) in [5.41, 5.74) is 1.31. The van der Waals surface area contributed by atoms with Gasteiger partial charge in [0.15, 0.2) is 0 Å². The van der Waals surface area contributed by atoms with Crippen LogP contribution in [0, 0.1) is 0 Å². The van der Waals surface area contributed by atoms with Gasteiger partial charge in [0.2, 0.25) is 5.91 Å². The van der Waals surface area contributed by atoms with E-state index in [0.29, 0.717) is 17.7 Å². The van der Waals surface area contributed by atoms with E-state index < -0.39 is 0 Å². The molecule has 1 N–H and O–H groups in total. The number of rotatable bonds is 3. The van der Waals surface area contributed by atoms with Crippen molar-refractivity contribution in [3.63, 3.8) is 0 Å². The number of piperidine rings is 1. The molecule has 2 aliphatic rings. The van der Waals surface area contributed by atoms with Crippen molar-refractivity contribution in [1.29, 1.82) is 0 Å². The highest BCUT2D eigenvalue weighted by molar-refractivity contribution is 5.84. The lowest BCUT2D eigenvalue weighted by Crippen LogP contribution is -2.45. The van der Waals surface area contributed by atoms with Crippen LogP contribution in [0.15, 0.2) is 36.4 Å². The second-order valence-electron chi connectivity index (χ2n) is 7.06. The minimum Gasteiger partial charge on any atom is -0.508 e. The fourth-order valence-electron chi connectivity index (χ4n) is 4.08. The van der Waals surface area contributed by atoms with Gasteiger partial charge in [0.1, 0.15) is 5.75 Å². The number of hydrogen-bond donors (Lipinski definition) is 1. The summed E-state index contributed by atoms with van der Waals surface area (Å²) < 4.78 is 0. The molecule has 2 fully saturated rings. The average Bonchev–Trinajstić information content (AvgIpc) is 3.02. The Bertz CT molecular complexity index is 750. The molecule has 0 bridgehead atoms. The number of nitrogens with zero attached hydrogens (tertiary/aromatic N) is 2. The molecule has 0 aliphatic carbocycles. The Morgan fingerprint density at radius 3 is 2.50 bits per heavy atom. The van der Waals surface area contributed by atoms with Gasteiger partial charge in [-0.15, -0.1) is 0 Å². The smallest absolute Gasteiger partial charge is 0.222 e. The zero-order chi connectivity index (χ0) is 16.5. The highest BCUT2D eigenvalue weighted by atomic mass is 16.3. The van der Waals surface area contributed by atoms with Gasteiger partial charge in [-0.2, -0.15) is 0 Å². The fourth-order valence-corrected chi connectivity index (χ4v) is 4.08. The van der Waals surface area contributed by atoms with Crippen molar-refractivity contribution in [3.8, 4) is 5.75 Å². The topological polar surface area (TPSA) is 43.8 Å². The maximum Gasteiger partial charge on any atom is 0.222 e. The highest BCUT2D eigenvalue weighted by Gasteiger charge is 2.30. The maximum atomic E-state index is 11.9. The van der Waals surface area contributed by atoms with Gasteiger partial charge in [0.05, 0.1) is 0 Å². The Hall–Kier alpha value is -2.07. The van der Waals surface area contributed by atoms with E-state index in [9.17, 15) is 9.90 Å². The molecule has 2 heterocycles. The Morgan fingerprint density at radius 1 is 1.00 bits per heavy atom. The predicted molar refractivity (Wildman–Crippen MR) is 94.9 cm³/mol. The summed E-state index contributed by atoms with van der Waals surface area (Å²) >= 11 is 0. The second kappa shape index (κ2) is 6.44. The molecule has 0 aromatic heterocycles. The van der Waals surface area contributed by atoms with Gasteiger partial charge in [-0.3, -0.25) is 9.69 Å². The number of carbonyl (C=O) groups excluding carboxylic acids is 1. The van der Waals surface area contributed by atoms with Crippen LogP contribution in [-0.4, -0.2) is 46.5 Å². The molecule has 24 heavy (non-hydrogen) atoms. The van der Waals surface area contributed by atoms with Crippen LogP contribution in [0.4, 0.5) is 0 Å². The van der Waals surface area contributed by atoms with E-state index in [1.54, 1.807) is 12.1 Å². The standard InChI is InChI=1S/C20H24N2O2/c23-19-6-5-16-12-15(3-4-17(16)13-19)14-21-10-7-18(8-11-21)22-9-1-2-20(22)24/h3-6,12-13,18,23H,1-2,7-11,14H2. The second-order valence-corrected chi connectivity index (χ2v) is 7.06. The minimum atomic E-state index is 0.314. The predicted octanol–water partition coefficient (Wildman–Crippen LogP) is 3.13. The quantitative estimate of drug-likeness (QED) is 0.943. The molecule has 4 rings (SSSR count). The summed E-state index contributed by atoms with van der Waals surface area (Å²) in [5.74, 6) is 0.667. The summed E-state index contributed by atoms with van der Waals surface area (Å²) in [7, 11) is 0. The van der Waals surface area contributed by atoms with Crippen molar-refractivity contribution in [3.05, 3.63) is 42.0 Å². The molecule has 0 unspecified atom stereocenters. The largest absolute Gasteiger partial charge is 0.508 e. The molecule has 4 heteroatoms. The van der Waals surface area contributed by atoms with E-state index in [-0.39, 0.29) is 0 Å². The lowest BCUT2D eigenvalue weighted by atomic mass is 10.0. The Morgan fingerprint density at radius 2 is 1.75 bits per heavy atom. The molecular weight excluding hydrogens is 300 g/mol. The number of carbonyl (C=O) groups is 1. The Balaban J connectivity index is 1.38. The van der Waals surface area contributed by atoms with Crippen LogP contribution in [0.2, 0.25) is 0 Å². The number of likely N-dealkylation sites (tertiary alicyclic amines) is 2. The van der Waals surface area contributed by atoms with E-state index in [4.69, 9.17) is 0 Å². The number of benzene rings is 2. The van der Waals surface area contributed by atoms with Crippen LogP contribution in [0.1, 0.15) is 31.2 Å². The van der Waals surface area contributed by atoms with Gasteiger partial charge >= 0.3 is 0 Å². The van der Waals surface area contributed by atoms with E-state index in [1.165, 1.54) is 10.9 Å². The number of phenolic OH excluding ortho intramolecular Hbond substituents is 1. The van der Waals surface area contributed by atoms with Crippen LogP contribution in [-0.2, 0) is 11.3 Å². The third-order valence-electron chi connectivity index (χ3n) is 5.40. The molecule has 0 radical (unpaired) electrons. The lowest BCUT2D eigenvalue weighted by molar-refractivity contribution is -0.130. The zero-order valence-corrected chi connectivity index (χ0v) is 13.9. The van der Waals surface area contributed by atoms with Crippen molar-refractivity contribution in [2.24, 2.45) is 0 Å². The molecule has 2 aromatic carbocycles. The van der Waals surface area contributed by atoms with Crippen molar-refractivity contribution >= 4 is 16.7 Å². The number of hydrogen-bond acceptors (Lipinski definition) is 3.